The van der Waals surface area contributed by atoms with Gasteiger partial charge in [0.1, 0.15) is 36.1 Å². The number of carbonyl (C=O) groups is 4. The van der Waals surface area contributed by atoms with E-state index in [0.717, 1.165) is 99.9 Å². The van der Waals surface area contributed by atoms with Gasteiger partial charge in [-0.1, -0.05) is 38.5 Å². The number of benzene rings is 3. The summed E-state index contributed by atoms with van der Waals surface area (Å²) < 4.78 is 21.8. The number of rotatable bonds is 9. The summed E-state index contributed by atoms with van der Waals surface area (Å²) in [5.41, 5.74) is 6.66. The normalized spacial score (nSPS) is 22.8. The van der Waals surface area contributed by atoms with Crippen molar-refractivity contribution in [2.75, 3.05) is 34.0 Å². The van der Waals surface area contributed by atoms with Crippen LogP contribution in [0.3, 0.4) is 0 Å². The molecule has 1 aliphatic carbocycles. The Labute approximate surface area is 371 Å². The van der Waals surface area contributed by atoms with Crippen LogP contribution in [0.1, 0.15) is 94.5 Å². The molecule has 6 atom stereocenters. The number of nitrogens with zero attached hydrogens (tertiary/aromatic N) is 4. The predicted molar refractivity (Wildman–Crippen MR) is 237 cm³/mol. The molecule has 16 heteroatoms. The zero-order valence-electron chi connectivity index (χ0n) is 36.8. The Morgan fingerprint density at radius 2 is 1.66 bits per heavy atom. The molecule has 0 bridgehead atoms. The molecule has 4 aliphatic heterocycles. The summed E-state index contributed by atoms with van der Waals surface area (Å²) in [5.74, 6) is 2.25. The fourth-order valence-corrected chi connectivity index (χ4v) is 11.1. The number of imidazole rings is 2. The van der Waals surface area contributed by atoms with Gasteiger partial charge in [-0.15, -0.1) is 0 Å². The molecule has 64 heavy (non-hydrogen) atoms. The van der Waals surface area contributed by atoms with E-state index < -0.39 is 24.3 Å². The molecular weight excluding hydrogens is 817 g/mol. The largest absolute Gasteiger partial charge is 0.488 e. The van der Waals surface area contributed by atoms with Crippen molar-refractivity contribution in [3.05, 3.63) is 65.9 Å². The average molecular weight is 873 g/mol. The van der Waals surface area contributed by atoms with E-state index in [-0.39, 0.29) is 41.8 Å². The van der Waals surface area contributed by atoms with Gasteiger partial charge < -0.3 is 49.3 Å². The fraction of sp³-hybridized carbons (Fsp3) is 0.500. The molecule has 0 spiro atoms. The standard InChI is InChI=1S/C48H56N8O8/c1-25(2)40(53-47(59)61-3)46(58)56-36-8-5-7-29(36)21-38(56)44-50-34-13-11-27-20-33-31-12-10-28(19-30(31)24-64-39(33)22-32(27)42(34)52-44)35-23-49-43(51-35)37-9-6-16-55(37)45(57)41(54-48(60)62-4)26-14-17-63-18-15-26/h10-13,19-20,22-23,25-26,29,36-38,40-41H,5-9,14-18,21,24H2,1-4H3,(H,49,51)(H,50,52)(H,53,59)(H,54,60)/t29-,36-,37?,38-,40-,41+/m0/s1. The van der Waals surface area contributed by atoms with Crippen molar-refractivity contribution in [2.24, 2.45) is 17.8 Å². The van der Waals surface area contributed by atoms with Crippen LogP contribution in [0, 0.1) is 17.8 Å². The van der Waals surface area contributed by atoms with E-state index in [0.29, 0.717) is 50.9 Å². The molecular formula is C48H56N8O8. The number of likely N-dealkylation sites (tertiary alicyclic amines) is 2. The third-order valence-electron chi connectivity index (χ3n) is 14.4. The molecule has 1 unspecified atom stereocenters. The lowest BCUT2D eigenvalue weighted by molar-refractivity contribution is -0.138. The maximum absolute atomic E-state index is 14.3. The number of amides is 4. The minimum Gasteiger partial charge on any atom is -0.488 e. The first-order valence-corrected chi connectivity index (χ1v) is 22.8. The van der Waals surface area contributed by atoms with Crippen LogP contribution in [0.15, 0.2) is 48.7 Å². The molecule has 6 heterocycles. The van der Waals surface area contributed by atoms with Crippen molar-refractivity contribution in [1.29, 1.82) is 0 Å². The Kier molecular flexibility index (Phi) is 11.2. The first-order chi connectivity index (χ1) is 31.1. The van der Waals surface area contributed by atoms with Crippen molar-refractivity contribution in [1.82, 2.24) is 40.4 Å². The monoisotopic (exact) mass is 872 g/mol. The SMILES string of the molecule is COC(=O)N[C@H](C(=O)N1[C@H](c2nc3c(ccc4cc5c(cc43)OCc3cc(-c4cnc(C6CCCN6C(=O)[C@H](NC(=O)OC)C6CCOCC6)[nH]4)ccc3-5)[nH]2)C[C@@H]2CCC[C@@H]21)C(C)C. The van der Waals surface area contributed by atoms with E-state index in [2.05, 4.69) is 63.1 Å². The van der Waals surface area contributed by atoms with Crippen molar-refractivity contribution >= 4 is 45.8 Å². The lowest BCUT2D eigenvalue weighted by atomic mass is 9.90. The molecule has 16 nitrogen and oxygen atoms in total. The van der Waals surface area contributed by atoms with E-state index in [1.165, 1.54) is 14.2 Å². The summed E-state index contributed by atoms with van der Waals surface area (Å²) in [4.78, 5) is 74.0. The van der Waals surface area contributed by atoms with Crippen LogP contribution in [-0.2, 0) is 30.4 Å². The minimum absolute atomic E-state index is 0.0389. The predicted octanol–water partition coefficient (Wildman–Crippen LogP) is 7.30. The zero-order valence-corrected chi connectivity index (χ0v) is 36.8. The van der Waals surface area contributed by atoms with Gasteiger partial charge >= 0.3 is 12.2 Å². The Bertz CT molecular complexity index is 2620. The molecule has 10 rings (SSSR count). The average Bonchev–Trinajstić information content (AvgIpc) is 4.17. The number of nitrogens with one attached hydrogen (secondary N) is 4. The van der Waals surface area contributed by atoms with Crippen LogP contribution in [0.25, 0.3) is 44.2 Å². The van der Waals surface area contributed by atoms with Crippen LogP contribution < -0.4 is 15.4 Å². The molecule has 4 amide bonds. The summed E-state index contributed by atoms with van der Waals surface area (Å²) in [7, 11) is 2.62. The minimum atomic E-state index is -0.709. The number of fused-ring (bicyclic) bond motifs is 7. The smallest absolute Gasteiger partial charge is 0.407 e. The summed E-state index contributed by atoms with van der Waals surface area (Å²) in [6, 6.07) is 13.0. The maximum Gasteiger partial charge on any atom is 0.407 e. The Morgan fingerprint density at radius 3 is 2.45 bits per heavy atom. The summed E-state index contributed by atoms with van der Waals surface area (Å²) >= 11 is 0. The molecule has 4 N–H and O–H groups in total. The molecule has 4 fully saturated rings. The van der Waals surface area contributed by atoms with Crippen LogP contribution >= 0.6 is 0 Å². The first kappa shape index (κ1) is 41.8. The van der Waals surface area contributed by atoms with Crippen LogP contribution in [0.4, 0.5) is 9.59 Å². The molecule has 5 aromatic rings. The zero-order chi connectivity index (χ0) is 44.2. The van der Waals surface area contributed by atoms with E-state index in [4.69, 9.17) is 28.9 Å². The van der Waals surface area contributed by atoms with E-state index in [1.54, 1.807) is 0 Å². The van der Waals surface area contributed by atoms with Crippen molar-refractivity contribution in [3.63, 3.8) is 0 Å². The summed E-state index contributed by atoms with van der Waals surface area (Å²) in [6.45, 7) is 5.95. The molecule has 1 saturated carbocycles. The first-order valence-electron chi connectivity index (χ1n) is 22.8. The second-order valence-electron chi connectivity index (χ2n) is 18.4. The molecule has 2 aromatic heterocycles. The van der Waals surface area contributed by atoms with Gasteiger partial charge in [-0.25, -0.2) is 19.6 Å². The lowest BCUT2D eigenvalue weighted by Gasteiger charge is -2.34. The van der Waals surface area contributed by atoms with Gasteiger partial charge in [0.25, 0.3) is 0 Å². The van der Waals surface area contributed by atoms with Crippen LogP contribution in [0.2, 0.25) is 0 Å². The van der Waals surface area contributed by atoms with Crippen LogP contribution in [0.5, 0.6) is 5.75 Å². The number of hydrogen-bond donors (Lipinski definition) is 4. The topological polar surface area (TPSA) is 193 Å². The molecule has 336 valence electrons. The van der Waals surface area contributed by atoms with Crippen molar-refractivity contribution < 1.29 is 38.1 Å². The van der Waals surface area contributed by atoms with Gasteiger partial charge in [0.2, 0.25) is 11.8 Å². The number of H-pyrrole nitrogens is 2. The molecule has 5 aliphatic rings. The fourth-order valence-electron chi connectivity index (χ4n) is 11.1. The maximum atomic E-state index is 14.3. The highest BCUT2D eigenvalue weighted by Crippen LogP contribution is 2.49. The lowest BCUT2D eigenvalue weighted by Crippen LogP contribution is -2.53. The van der Waals surface area contributed by atoms with Gasteiger partial charge in [0.05, 0.1) is 49.2 Å². The van der Waals surface area contributed by atoms with Gasteiger partial charge in [-0.2, -0.15) is 0 Å². The summed E-state index contributed by atoms with van der Waals surface area (Å²) in [5, 5.41) is 7.61. The molecule has 3 saturated heterocycles. The van der Waals surface area contributed by atoms with Crippen molar-refractivity contribution in [2.45, 2.75) is 102 Å². The number of carbonyl (C=O) groups excluding carboxylic acids is 4. The third-order valence-corrected chi connectivity index (χ3v) is 14.4. The number of alkyl carbamates (subject to hydrolysis) is 2. The summed E-state index contributed by atoms with van der Waals surface area (Å²) in [6.07, 6.45) is 7.46. The highest BCUT2D eigenvalue weighted by molar-refractivity contribution is 6.07. The number of aromatic nitrogens is 4. The van der Waals surface area contributed by atoms with Gasteiger partial charge in [-0.3, -0.25) is 9.59 Å². The van der Waals surface area contributed by atoms with E-state index in [9.17, 15) is 19.2 Å². The van der Waals surface area contributed by atoms with Crippen molar-refractivity contribution in [3.8, 4) is 28.1 Å². The highest BCUT2D eigenvalue weighted by Gasteiger charge is 2.49. The van der Waals surface area contributed by atoms with E-state index in [1.807, 2.05) is 29.8 Å². The Hall–Kier alpha value is -6.16. The molecule has 0 radical (unpaired) electrons. The van der Waals surface area contributed by atoms with Gasteiger partial charge in [-0.05, 0) is 109 Å². The van der Waals surface area contributed by atoms with E-state index >= 15 is 0 Å². The Balaban J connectivity index is 0.899. The Morgan fingerprint density at radius 1 is 0.844 bits per heavy atom. The number of hydrogen-bond acceptors (Lipinski definition) is 10. The second-order valence-corrected chi connectivity index (χ2v) is 18.4. The number of aromatic amines is 2. The number of ether oxygens (including phenoxy) is 4. The second kappa shape index (κ2) is 17.1. The number of methoxy groups -OCH3 is 2. The molecule has 3 aromatic carbocycles. The van der Waals surface area contributed by atoms with Gasteiger partial charge in [0.15, 0.2) is 0 Å². The van der Waals surface area contributed by atoms with Gasteiger partial charge in [0, 0.05) is 36.8 Å². The third kappa shape index (κ3) is 7.48. The quantitative estimate of drug-likeness (QED) is 0.117. The highest BCUT2D eigenvalue weighted by atomic mass is 16.5. The van der Waals surface area contributed by atoms with Crippen LogP contribution in [-0.4, -0.2) is 106 Å².